The molecule has 0 saturated heterocycles. The zero-order chi connectivity index (χ0) is 13.8. The maximum absolute atomic E-state index is 5.96. The van der Waals surface area contributed by atoms with Gasteiger partial charge in [0.05, 0.1) is 6.04 Å². The minimum absolute atomic E-state index is 0.259. The molecule has 2 nitrogen and oxygen atoms in total. The highest BCUT2D eigenvalue weighted by Gasteiger charge is 2.19. The molecular weight excluding hydrogens is 320 g/mol. The van der Waals surface area contributed by atoms with E-state index in [1.807, 2.05) is 0 Å². The molecule has 0 bridgehead atoms. The molecule has 0 radical (unpaired) electrons. The Labute approximate surface area is 127 Å². The van der Waals surface area contributed by atoms with Crippen LogP contribution in [0.1, 0.15) is 22.0 Å². The molecule has 0 spiro atoms. The normalized spacial score (nSPS) is 12.9. The average Bonchev–Trinajstić information content (AvgIpc) is 2.77. The number of thiophene rings is 1. The van der Waals surface area contributed by atoms with Crippen LogP contribution in [0, 0.1) is 6.92 Å². The molecule has 1 atom stereocenters. The highest BCUT2D eigenvalue weighted by atomic mass is 79.9. The van der Waals surface area contributed by atoms with Crippen LogP contribution in [0.5, 0.6) is 0 Å². The molecule has 0 aliphatic rings. The van der Waals surface area contributed by atoms with Crippen molar-refractivity contribution in [3.8, 4) is 0 Å². The molecule has 0 fully saturated rings. The van der Waals surface area contributed by atoms with E-state index in [4.69, 9.17) is 5.73 Å². The van der Waals surface area contributed by atoms with E-state index in [2.05, 4.69) is 70.5 Å². The monoisotopic (exact) mass is 338 g/mol. The number of aryl methyl sites for hydroxylation is 1. The third kappa shape index (κ3) is 3.66. The molecule has 2 aromatic rings. The predicted octanol–water partition coefficient (Wildman–Crippen LogP) is 3.95. The fraction of sp³-hybridized carbons (Fsp3) is 0.333. The summed E-state index contributed by atoms with van der Waals surface area (Å²) in [6.45, 7) is 3.66. The highest BCUT2D eigenvalue weighted by Crippen LogP contribution is 2.32. The minimum Gasteiger partial charge on any atom is -0.329 e. The Morgan fingerprint density at radius 3 is 2.74 bits per heavy atom. The standard InChI is InChI=1S/C15H19BrN2S/c1-11-4-3-5-12(8-11)10-18(2)14(9-17)15-13(16)6-7-19-15/h3-8,14H,9-10,17H2,1-2H3. The van der Waals surface area contributed by atoms with E-state index >= 15 is 0 Å². The summed E-state index contributed by atoms with van der Waals surface area (Å²) >= 11 is 5.36. The van der Waals surface area contributed by atoms with Crippen molar-refractivity contribution in [2.24, 2.45) is 5.73 Å². The van der Waals surface area contributed by atoms with Crippen molar-refractivity contribution in [1.29, 1.82) is 0 Å². The molecule has 0 aliphatic carbocycles. The number of hydrogen-bond donors (Lipinski definition) is 1. The van der Waals surface area contributed by atoms with Crippen molar-refractivity contribution in [3.63, 3.8) is 0 Å². The lowest BCUT2D eigenvalue weighted by Crippen LogP contribution is -2.29. The van der Waals surface area contributed by atoms with Gasteiger partial charge >= 0.3 is 0 Å². The number of likely N-dealkylation sites (N-methyl/N-ethyl adjacent to an activating group) is 1. The Morgan fingerprint density at radius 2 is 2.16 bits per heavy atom. The molecule has 1 heterocycles. The van der Waals surface area contributed by atoms with Gasteiger partial charge in [0, 0.05) is 22.4 Å². The molecule has 2 N–H and O–H groups in total. The largest absolute Gasteiger partial charge is 0.329 e. The predicted molar refractivity (Wildman–Crippen MR) is 86.5 cm³/mol. The van der Waals surface area contributed by atoms with Crippen LogP contribution in [0.3, 0.4) is 0 Å². The molecule has 0 aliphatic heterocycles. The Morgan fingerprint density at radius 1 is 1.37 bits per heavy atom. The van der Waals surface area contributed by atoms with Crippen molar-refractivity contribution in [1.82, 2.24) is 4.90 Å². The van der Waals surface area contributed by atoms with Crippen LogP contribution in [0.4, 0.5) is 0 Å². The van der Waals surface area contributed by atoms with Gasteiger partial charge in [0.25, 0.3) is 0 Å². The number of hydrogen-bond acceptors (Lipinski definition) is 3. The number of rotatable bonds is 5. The Kier molecular flexibility index (Phi) is 5.16. The Bertz CT molecular complexity index is 538. The van der Waals surface area contributed by atoms with Gasteiger partial charge in [0.1, 0.15) is 0 Å². The summed E-state index contributed by atoms with van der Waals surface area (Å²) in [4.78, 5) is 3.61. The molecule has 1 aromatic heterocycles. The fourth-order valence-corrected chi connectivity index (χ4v) is 4.06. The lowest BCUT2D eigenvalue weighted by molar-refractivity contribution is 0.244. The SMILES string of the molecule is Cc1cccc(CN(C)C(CN)c2sccc2Br)c1. The van der Waals surface area contributed by atoms with Crippen LogP contribution in [0.15, 0.2) is 40.2 Å². The molecule has 4 heteroatoms. The summed E-state index contributed by atoms with van der Waals surface area (Å²) in [5, 5.41) is 2.10. The van der Waals surface area contributed by atoms with Crippen LogP contribution in [-0.4, -0.2) is 18.5 Å². The van der Waals surface area contributed by atoms with E-state index < -0.39 is 0 Å². The maximum atomic E-state index is 5.96. The van der Waals surface area contributed by atoms with Crippen molar-refractivity contribution >= 4 is 27.3 Å². The zero-order valence-corrected chi connectivity index (χ0v) is 13.7. The topological polar surface area (TPSA) is 29.3 Å². The first-order valence-electron chi connectivity index (χ1n) is 6.30. The van der Waals surface area contributed by atoms with Crippen molar-refractivity contribution in [2.45, 2.75) is 19.5 Å². The van der Waals surface area contributed by atoms with Gasteiger partial charge in [0.15, 0.2) is 0 Å². The van der Waals surface area contributed by atoms with E-state index in [0.717, 1.165) is 11.0 Å². The third-order valence-electron chi connectivity index (χ3n) is 3.22. The first-order chi connectivity index (χ1) is 9.11. The first kappa shape index (κ1) is 14.7. The van der Waals surface area contributed by atoms with Gasteiger partial charge in [-0.25, -0.2) is 0 Å². The lowest BCUT2D eigenvalue weighted by atomic mass is 10.1. The van der Waals surface area contributed by atoms with E-state index in [-0.39, 0.29) is 6.04 Å². The van der Waals surface area contributed by atoms with Crippen LogP contribution in [0.25, 0.3) is 0 Å². The second-order valence-corrected chi connectivity index (χ2v) is 6.59. The van der Waals surface area contributed by atoms with E-state index in [1.54, 1.807) is 11.3 Å². The smallest absolute Gasteiger partial charge is 0.0576 e. The molecular formula is C15H19BrN2S. The van der Waals surface area contributed by atoms with Gasteiger partial charge in [-0.05, 0) is 46.9 Å². The van der Waals surface area contributed by atoms with Crippen molar-refractivity contribution in [3.05, 3.63) is 56.2 Å². The van der Waals surface area contributed by atoms with Gasteiger partial charge in [-0.15, -0.1) is 11.3 Å². The third-order valence-corrected chi connectivity index (χ3v) is 5.19. The quantitative estimate of drug-likeness (QED) is 0.894. The molecule has 102 valence electrons. The van der Waals surface area contributed by atoms with Crippen LogP contribution in [-0.2, 0) is 6.54 Å². The second kappa shape index (κ2) is 6.66. The van der Waals surface area contributed by atoms with Crippen LogP contribution in [0.2, 0.25) is 0 Å². The summed E-state index contributed by atoms with van der Waals surface area (Å²) < 4.78 is 1.16. The van der Waals surface area contributed by atoms with Gasteiger partial charge in [-0.1, -0.05) is 29.8 Å². The fourth-order valence-electron chi connectivity index (χ4n) is 2.24. The number of nitrogens with two attached hydrogens (primary N) is 1. The van der Waals surface area contributed by atoms with E-state index in [0.29, 0.717) is 6.54 Å². The minimum atomic E-state index is 0.259. The van der Waals surface area contributed by atoms with Gasteiger partial charge in [-0.3, -0.25) is 4.90 Å². The summed E-state index contributed by atoms with van der Waals surface area (Å²) in [5.41, 5.74) is 8.59. The molecule has 0 saturated carbocycles. The number of benzene rings is 1. The second-order valence-electron chi connectivity index (χ2n) is 4.79. The first-order valence-corrected chi connectivity index (χ1v) is 7.98. The van der Waals surface area contributed by atoms with Crippen molar-refractivity contribution < 1.29 is 0 Å². The van der Waals surface area contributed by atoms with E-state index in [1.165, 1.54) is 16.0 Å². The molecule has 1 aromatic carbocycles. The number of nitrogens with zero attached hydrogens (tertiary/aromatic N) is 1. The molecule has 0 amide bonds. The summed E-state index contributed by atoms with van der Waals surface area (Å²) in [6.07, 6.45) is 0. The average molecular weight is 339 g/mol. The summed E-state index contributed by atoms with van der Waals surface area (Å²) in [7, 11) is 2.13. The van der Waals surface area contributed by atoms with Gasteiger partial charge in [0.2, 0.25) is 0 Å². The van der Waals surface area contributed by atoms with Crippen LogP contribution < -0.4 is 5.73 Å². The lowest BCUT2D eigenvalue weighted by Gasteiger charge is -2.26. The van der Waals surface area contributed by atoms with E-state index in [9.17, 15) is 0 Å². The van der Waals surface area contributed by atoms with Crippen LogP contribution >= 0.6 is 27.3 Å². The maximum Gasteiger partial charge on any atom is 0.0576 e. The number of halogens is 1. The Hall–Kier alpha value is -0.680. The summed E-state index contributed by atoms with van der Waals surface area (Å²) in [5.74, 6) is 0. The summed E-state index contributed by atoms with van der Waals surface area (Å²) in [6, 6.07) is 11.0. The Balaban J connectivity index is 2.14. The van der Waals surface area contributed by atoms with Crippen molar-refractivity contribution in [2.75, 3.05) is 13.6 Å². The molecule has 2 rings (SSSR count). The van der Waals surface area contributed by atoms with Gasteiger partial charge < -0.3 is 5.73 Å². The molecule has 19 heavy (non-hydrogen) atoms. The van der Waals surface area contributed by atoms with Gasteiger partial charge in [-0.2, -0.15) is 0 Å². The highest BCUT2D eigenvalue weighted by molar-refractivity contribution is 9.10. The zero-order valence-electron chi connectivity index (χ0n) is 11.3. The molecule has 1 unspecified atom stereocenters.